The summed E-state index contributed by atoms with van der Waals surface area (Å²) < 4.78 is 4.95. The third-order valence-electron chi connectivity index (χ3n) is 2.12. The second-order valence-electron chi connectivity index (χ2n) is 3.63. The molecule has 0 aliphatic rings. The predicted molar refractivity (Wildman–Crippen MR) is 60.1 cm³/mol. The molecule has 0 saturated heterocycles. The molecular weight excluding hydrogens is 224 g/mol. The van der Waals surface area contributed by atoms with Crippen LogP contribution < -0.4 is 16.2 Å². The number of carbonyl (C=O) groups is 2. The van der Waals surface area contributed by atoms with Crippen molar-refractivity contribution < 1.29 is 19.4 Å². The molecule has 1 aromatic rings. The van der Waals surface area contributed by atoms with Crippen molar-refractivity contribution in [3.8, 4) is 5.75 Å². The number of carboxylic acid groups (broad SMARTS) is 1. The highest BCUT2D eigenvalue weighted by atomic mass is 16.5. The average Bonchev–Trinajstić information content (AvgIpc) is 2.28. The number of ether oxygens (including phenoxy) is 1. The van der Waals surface area contributed by atoms with Crippen LogP contribution in [0.25, 0.3) is 0 Å². The SMILES string of the molecule is NC(N)(CCC(=O)Oc1ccccc1)C(=O)O. The Kier molecular flexibility index (Phi) is 4.19. The monoisotopic (exact) mass is 238 g/mol. The van der Waals surface area contributed by atoms with Gasteiger partial charge >= 0.3 is 11.9 Å². The van der Waals surface area contributed by atoms with Crippen molar-refractivity contribution in [1.29, 1.82) is 0 Å². The van der Waals surface area contributed by atoms with Gasteiger partial charge in [-0.3, -0.25) is 4.79 Å². The third kappa shape index (κ3) is 4.21. The molecule has 0 aliphatic carbocycles. The van der Waals surface area contributed by atoms with Gasteiger partial charge in [-0.1, -0.05) is 18.2 Å². The largest absolute Gasteiger partial charge is 0.479 e. The molecule has 0 amide bonds. The van der Waals surface area contributed by atoms with Crippen molar-refractivity contribution in [2.45, 2.75) is 18.5 Å². The minimum Gasteiger partial charge on any atom is -0.479 e. The van der Waals surface area contributed by atoms with Crippen molar-refractivity contribution in [3.63, 3.8) is 0 Å². The van der Waals surface area contributed by atoms with Crippen molar-refractivity contribution >= 4 is 11.9 Å². The first-order valence-electron chi connectivity index (χ1n) is 4.99. The predicted octanol–water partition coefficient (Wildman–Crippen LogP) is 0.0705. The van der Waals surface area contributed by atoms with Crippen LogP contribution >= 0.6 is 0 Å². The lowest BCUT2D eigenvalue weighted by atomic mass is 10.1. The van der Waals surface area contributed by atoms with Crippen LogP contribution in [0.3, 0.4) is 0 Å². The lowest BCUT2D eigenvalue weighted by Crippen LogP contribution is -2.56. The fraction of sp³-hybridized carbons (Fsp3) is 0.273. The summed E-state index contributed by atoms with van der Waals surface area (Å²) in [5.41, 5.74) is 8.64. The van der Waals surface area contributed by atoms with Crippen LogP contribution in [-0.2, 0) is 9.59 Å². The van der Waals surface area contributed by atoms with E-state index in [2.05, 4.69) is 0 Å². The second kappa shape index (κ2) is 5.42. The lowest BCUT2D eigenvalue weighted by Gasteiger charge is -2.17. The second-order valence-corrected chi connectivity index (χ2v) is 3.63. The molecule has 0 atom stereocenters. The molecule has 0 radical (unpaired) electrons. The molecule has 17 heavy (non-hydrogen) atoms. The minimum atomic E-state index is -1.91. The van der Waals surface area contributed by atoms with E-state index < -0.39 is 17.6 Å². The molecular formula is C11H14N2O4. The van der Waals surface area contributed by atoms with Gasteiger partial charge in [0.1, 0.15) is 5.75 Å². The van der Waals surface area contributed by atoms with E-state index in [9.17, 15) is 9.59 Å². The fourth-order valence-electron chi connectivity index (χ4n) is 1.09. The normalized spacial score (nSPS) is 10.9. The molecule has 1 aromatic carbocycles. The molecule has 0 aromatic heterocycles. The van der Waals surface area contributed by atoms with Crippen LogP contribution in [0.15, 0.2) is 30.3 Å². The number of nitrogens with two attached hydrogens (primary N) is 2. The zero-order chi connectivity index (χ0) is 12.9. The van der Waals surface area contributed by atoms with Crippen LogP contribution in [0.5, 0.6) is 5.75 Å². The first-order chi connectivity index (χ1) is 7.92. The van der Waals surface area contributed by atoms with Crippen molar-refractivity contribution in [3.05, 3.63) is 30.3 Å². The van der Waals surface area contributed by atoms with Gasteiger partial charge in [-0.2, -0.15) is 0 Å². The molecule has 0 bridgehead atoms. The summed E-state index contributed by atoms with van der Waals surface area (Å²) in [5, 5.41) is 8.64. The maximum absolute atomic E-state index is 11.4. The molecule has 5 N–H and O–H groups in total. The Balaban J connectivity index is 2.44. The first kappa shape index (κ1) is 13.1. The Bertz CT molecular complexity index is 403. The maximum Gasteiger partial charge on any atom is 0.338 e. The highest BCUT2D eigenvalue weighted by molar-refractivity contribution is 5.79. The first-order valence-corrected chi connectivity index (χ1v) is 4.99. The molecule has 6 heteroatoms. The van der Waals surface area contributed by atoms with Gasteiger partial charge in [0.2, 0.25) is 0 Å². The van der Waals surface area contributed by atoms with Gasteiger partial charge in [-0.05, 0) is 18.6 Å². The Hall–Kier alpha value is -1.92. The van der Waals surface area contributed by atoms with E-state index in [-0.39, 0.29) is 12.8 Å². The maximum atomic E-state index is 11.4. The van der Waals surface area contributed by atoms with E-state index in [0.29, 0.717) is 5.75 Å². The number of carbonyl (C=O) groups excluding carboxylic acids is 1. The Morgan fingerprint density at radius 3 is 2.35 bits per heavy atom. The lowest BCUT2D eigenvalue weighted by molar-refractivity contribution is -0.144. The quantitative estimate of drug-likeness (QED) is 0.380. The Labute approximate surface area is 98.2 Å². The molecule has 0 unspecified atom stereocenters. The van der Waals surface area contributed by atoms with E-state index in [1.807, 2.05) is 0 Å². The number of esters is 1. The van der Waals surface area contributed by atoms with Gasteiger partial charge in [-0.25, -0.2) is 4.79 Å². The van der Waals surface area contributed by atoms with Gasteiger partial charge in [0, 0.05) is 6.42 Å². The molecule has 0 heterocycles. The van der Waals surface area contributed by atoms with E-state index in [1.54, 1.807) is 30.3 Å². The smallest absolute Gasteiger partial charge is 0.338 e. The highest BCUT2D eigenvalue weighted by Gasteiger charge is 2.29. The van der Waals surface area contributed by atoms with Crippen molar-refractivity contribution in [2.75, 3.05) is 0 Å². The number of benzene rings is 1. The number of hydrogen-bond donors (Lipinski definition) is 3. The van der Waals surface area contributed by atoms with E-state index in [4.69, 9.17) is 21.3 Å². The standard InChI is InChI=1S/C11H14N2O4/c12-11(13,10(15)16)7-6-9(14)17-8-4-2-1-3-5-8/h1-5H,6-7,12-13H2,(H,15,16). The summed E-state index contributed by atoms with van der Waals surface area (Å²) in [6, 6.07) is 8.46. The van der Waals surface area contributed by atoms with Crippen LogP contribution in [0.1, 0.15) is 12.8 Å². The molecule has 0 spiro atoms. The average molecular weight is 238 g/mol. The van der Waals surface area contributed by atoms with Gasteiger partial charge in [0.15, 0.2) is 5.66 Å². The highest BCUT2D eigenvalue weighted by Crippen LogP contribution is 2.11. The summed E-state index contributed by atoms with van der Waals surface area (Å²) >= 11 is 0. The van der Waals surface area contributed by atoms with Gasteiger partial charge in [0.05, 0.1) is 0 Å². The minimum absolute atomic E-state index is 0.159. The molecule has 92 valence electrons. The topological polar surface area (TPSA) is 116 Å². The summed E-state index contributed by atoms with van der Waals surface area (Å²) in [5.74, 6) is -1.53. The van der Waals surface area contributed by atoms with Crippen LogP contribution in [0, 0.1) is 0 Å². The summed E-state index contributed by atoms with van der Waals surface area (Å²) in [6.07, 6.45) is -0.345. The fourth-order valence-corrected chi connectivity index (χ4v) is 1.09. The van der Waals surface area contributed by atoms with Gasteiger partial charge in [0.25, 0.3) is 0 Å². The van der Waals surface area contributed by atoms with Crippen LogP contribution in [-0.4, -0.2) is 22.7 Å². The van der Waals surface area contributed by atoms with Crippen molar-refractivity contribution in [1.82, 2.24) is 0 Å². The van der Waals surface area contributed by atoms with Crippen LogP contribution in [0.4, 0.5) is 0 Å². The Morgan fingerprint density at radius 1 is 1.24 bits per heavy atom. The number of aliphatic carboxylic acids is 1. The number of para-hydroxylation sites is 1. The zero-order valence-corrected chi connectivity index (χ0v) is 9.13. The molecule has 0 saturated carbocycles. The number of rotatable bonds is 5. The zero-order valence-electron chi connectivity index (χ0n) is 9.13. The summed E-state index contributed by atoms with van der Waals surface area (Å²) in [6.45, 7) is 0. The molecule has 6 nitrogen and oxygen atoms in total. The van der Waals surface area contributed by atoms with Crippen molar-refractivity contribution in [2.24, 2.45) is 11.5 Å². The summed E-state index contributed by atoms with van der Waals surface area (Å²) in [7, 11) is 0. The Morgan fingerprint density at radius 2 is 1.82 bits per heavy atom. The van der Waals surface area contributed by atoms with Gasteiger partial charge in [-0.15, -0.1) is 0 Å². The third-order valence-corrected chi connectivity index (χ3v) is 2.12. The van der Waals surface area contributed by atoms with E-state index in [0.717, 1.165) is 0 Å². The molecule has 0 fully saturated rings. The van der Waals surface area contributed by atoms with E-state index in [1.165, 1.54) is 0 Å². The van der Waals surface area contributed by atoms with E-state index >= 15 is 0 Å². The number of carboxylic acids is 1. The summed E-state index contributed by atoms with van der Waals surface area (Å²) in [4.78, 5) is 21.9. The van der Waals surface area contributed by atoms with Gasteiger partial charge < -0.3 is 21.3 Å². The molecule has 1 rings (SSSR count). The number of hydrogen-bond acceptors (Lipinski definition) is 5. The molecule has 0 aliphatic heterocycles. The van der Waals surface area contributed by atoms with Crippen LogP contribution in [0.2, 0.25) is 0 Å².